The summed E-state index contributed by atoms with van der Waals surface area (Å²) in [6, 6.07) is 8.44. The summed E-state index contributed by atoms with van der Waals surface area (Å²) in [5.41, 5.74) is 2.74. The van der Waals surface area contributed by atoms with Crippen LogP contribution < -0.4 is 4.74 Å². The van der Waals surface area contributed by atoms with Crippen molar-refractivity contribution in [2.24, 2.45) is 5.92 Å². The van der Waals surface area contributed by atoms with Gasteiger partial charge in [-0.25, -0.2) is 13.4 Å². The summed E-state index contributed by atoms with van der Waals surface area (Å²) in [4.78, 5) is 4.41. The van der Waals surface area contributed by atoms with Crippen LogP contribution in [0, 0.1) is 12.8 Å². The van der Waals surface area contributed by atoms with Crippen molar-refractivity contribution in [3.05, 3.63) is 42.2 Å². The smallest absolute Gasteiger partial charge is 0.176 e. The van der Waals surface area contributed by atoms with E-state index in [4.69, 9.17) is 4.74 Å². The maximum atomic E-state index is 12.0. The minimum Gasteiger partial charge on any atom is -0.493 e. The van der Waals surface area contributed by atoms with Gasteiger partial charge in [-0.2, -0.15) is 4.73 Å². The molecule has 0 spiro atoms. The first-order chi connectivity index (χ1) is 12.2. The first kappa shape index (κ1) is 18.3. The maximum Gasteiger partial charge on any atom is 0.176 e. The van der Waals surface area contributed by atoms with E-state index in [2.05, 4.69) is 4.98 Å². The fourth-order valence-electron chi connectivity index (χ4n) is 2.78. The van der Waals surface area contributed by atoms with E-state index in [0.29, 0.717) is 35.4 Å². The highest BCUT2D eigenvalue weighted by Gasteiger charge is 2.21. The van der Waals surface area contributed by atoms with E-state index >= 15 is 0 Å². The Bertz CT molecular complexity index is 1020. The van der Waals surface area contributed by atoms with Gasteiger partial charge >= 0.3 is 0 Å². The van der Waals surface area contributed by atoms with Gasteiger partial charge in [0.15, 0.2) is 15.7 Å². The average Bonchev–Trinajstić information content (AvgIpc) is 3.05. The summed E-state index contributed by atoms with van der Waals surface area (Å²) in [5.74, 6) is 1.35. The highest BCUT2D eigenvalue weighted by Crippen LogP contribution is 2.40. The van der Waals surface area contributed by atoms with E-state index in [1.807, 2.05) is 13.8 Å². The van der Waals surface area contributed by atoms with Crippen molar-refractivity contribution in [3.8, 4) is 28.3 Å². The zero-order chi connectivity index (χ0) is 19.1. The summed E-state index contributed by atoms with van der Waals surface area (Å²) in [7, 11) is -3.37. The third-order valence-corrected chi connectivity index (χ3v) is 5.21. The number of fused-ring (bicyclic) bond motifs is 1. The number of benzene rings is 1. The molecule has 0 saturated heterocycles. The molecule has 0 radical (unpaired) electrons. The van der Waals surface area contributed by atoms with Crippen LogP contribution in [0.2, 0.25) is 0 Å². The van der Waals surface area contributed by atoms with Crippen LogP contribution in [0.1, 0.15) is 19.5 Å². The Morgan fingerprint density at radius 1 is 1.15 bits per heavy atom. The van der Waals surface area contributed by atoms with Crippen molar-refractivity contribution in [1.29, 1.82) is 0 Å². The van der Waals surface area contributed by atoms with Crippen LogP contribution in [0.3, 0.4) is 0 Å². The molecule has 0 amide bonds. The summed E-state index contributed by atoms with van der Waals surface area (Å²) in [6.45, 7) is 6.36. The first-order valence-corrected chi connectivity index (χ1v) is 10.2. The van der Waals surface area contributed by atoms with Gasteiger partial charge in [0.05, 0.1) is 17.2 Å². The summed E-state index contributed by atoms with van der Waals surface area (Å²) in [5, 5.41) is 10.2. The van der Waals surface area contributed by atoms with Gasteiger partial charge in [-0.1, -0.05) is 13.8 Å². The van der Waals surface area contributed by atoms with Gasteiger partial charge in [0.2, 0.25) is 0 Å². The summed E-state index contributed by atoms with van der Waals surface area (Å²) >= 11 is 0. The molecule has 0 atom stereocenters. The Balaban J connectivity index is 2.25. The molecular weight excluding hydrogens is 352 g/mol. The largest absolute Gasteiger partial charge is 0.493 e. The quantitative estimate of drug-likeness (QED) is 0.690. The fourth-order valence-corrected chi connectivity index (χ4v) is 3.42. The zero-order valence-electron chi connectivity index (χ0n) is 15.2. The van der Waals surface area contributed by atoms with E-state index < -0.39 is 9.84 Å². The van der Waals surface area contributed by atoms with Crippen molar-refractivity contribution < 1.29 is 18.4 Å². The second-order valence-corrected chi connectivity index (χ2v) is 8.84. The molecule has 2 aliphatic rings. The minimum absolute atomic E-state index is 0.218. The maximum absolute atomic E-state index is 12.0. The van der Waals surface area contributed by atoms with Crippen molar-refractivity contribution in [3.63, 3.8) is 0 Å². The van der Waals surface area contributed by atoms with Gasteiger partial charge < -0.3 is 9.94 Å². The molecule has 138 valence electrons. The standard InChI is InChI=1S/C19H22N2O4S/c1-12(2)11-25-18-6-5-14(26(4,23)24)10-17(18)16-9-13(3)21(22)19-15(16)7-8-20-19/h5-10,12,22H,11H2,1-4H3. The van der Waals surface area contributed by atoms with Gasteiger partial charge in [-0.15, -0.1) is 0 Å². The number of rotatable bonds is 5. The summed E-state index contributed by atoms with van der Waals surface area (Å²) in [6.07, 6.45) is 2.79. The predicted octanol–water partition coefficient (Wildman–Crippen LogP) is 3.64. The highest BCUT2D eigenvalue weighted by molar-refractivity contribution is 7.90. The lowest BCUT2D eigenvalue weighted by molar-refractivity contribution is 0.180. The Morgan fingerprint density at radius 3 is 2.54 bits per heavy atom. The average molecular weight is 374 g/mol. The molecule has 2 heterocycles. The molecule has 0 bridgehead atoms. The Hall–Kier alpha value is -2.54. The number of aryl methyl sites for hydroxylation is 1. The minimum atomic E-state index is -3.37. The number of hydrogen-bond donors (Lipinski definition) is 1. The monoisotopic (exact) mass is 374 g/mol. The van der Waals surface area contributed by atoms with Crippen LogP contribution in [0.4, 0.5) is 0 Å². The van der Waals surface area contributed by atoms with E-state index in [1.165, 1.54) is 6.26 Å². The second kappa shape index (κ2) is 6.64. The van der Waals surface area contributed by atoms with E-state index in [0.717, 1.165) is 15.9 Å². The normalized spacial score (nSPS) is 12.0. The number of aromatic nitrogens is 2. The number of sulfone groups is 1. The van der Waals surface area contributed by atoms with Crippen LogP contribution in [-0.4, -0.2) is 36.2 Å². The van der Waals surface area contributed by atoms with Crippen LogP contribution in [0.15, 0.2) is 41.4 Å². The Morgan fingerprint density at radius 2 is 1.88 bits per heavy atom. The molecule has 0 saturated carbocycles. The van der Waals surface area contributed by atoms with Crippen molar-refractivity contribution in [1.82, 2.24) is 9.71 Å². The number of ether oxygens (including phenoxy) is 1. The van der Waals surface area contributed by atoms with Gasteiger partial charge in [0.25, 0.3) is 0 Å². The van der Waals surface area contributed by atoms with Crippen LogP contribution in [0.5, 0.6) is 5.75 Å². The second-order valence-electron chi connectivity index (χ2n) is 6.83. The van der Waals surface area contributed by atoms with E-state index in [9.17, 15) is 13.6 Å². The Kier molecular flexibility index (Phi) is 4.66. The lowest BCUT2D eigenvalue weighted by Gasteiger charge is -2.18. The Labute approximate surface area is 153 Å². The molecule has 26 heavy (non-hydrogen) atoms. The molecule has 7 heteroatoms. The van der Waals surface area contributed by atoms with Gasteiger partial charge in [-0.3, -0.25) is 0 Å². The molecular formula is C19H22N2O4S. The molecule has 1 N–H and O–H groups in total. The molecule has 6 nitrogen and oxygen atoms in total. The fraction of sp³-hybridized carbons (Fsp3) is 0.316. The molecule has 0 aliphatic carbocycles. The SMILES string of the molecule is Cc1cc(-c2cc(S(C)(=O)=O)ccc2OCC(C)C)c2ccnc-2n1O. The predicted molar refractivity (Wildman–Crippen MR) is 99.6 cm³/mol. The zero-order valence-corrected chi connectivity index (χ0v) is 16.0. The van der Waals surface area contributed by atoms with E-state index in [1.54, 1.807) is 43.5 Å². The van der Waals surface area contributed by atoms with Crippen molar-refractivity contribution in [2.75, 3.05) is 12.9 Å². The molecule has 0 fully saturated rings. The van der Waals surface area contributed by atoms with Gasteiger partial charge in [0, 0.05) is 23.6 Å². The number of pyridine rings is 1. The third-order valence-electron chi connectivity index (χ3n) is 4.10. The molecule has 0 unspecified atom stereocenters. The lowest BCUT2D eigenvalue weighted by atomic mass is 9.98. The van der Waals surface area contributed by atoms with Crippen molar-refractivity contribution in [2.45, 2.75) is 25.7 Å². The summed E-state index contributed by atoms with van der Waals surface area (Å²) < 4.78 is 31.0. The molecule has 1 aromatic rings. The van der Waals surface area contributed by atoms with Crippen LogP contribution >= 0.6 is 0 Å². The van der Waals surface area contributed by atoms with E-state index in [-0.39, 0.29) is 4.90 Å². The molecule has 3 rings (SSSR count). The van der Waals surface area contributed by atoms with Gasteiger partial charge in [-0.05, 0) is 48.7 Å². The molecule has 2 aliphatic heterocycles. The highest BCUT2D eigenvalue weighted by atomic mass is 32.2. The topological polar surface area (TPSA) is 81.4 Å². The van der Waals surface area contributed by atoms with Crippen LogP contribution in [0.25, 0.3) is 22.5 Å². The number of nitrogens with zero attached hydrogens (tertiary/aromatic N) is 2. The van der Waals surface area contributed by atoms with Gasteiger partial charge in [0.1, 0.15) is 5.75 Å². The lowest BCUT2D eigenvalue weighted by Crippen LogP contribution is -2.08. The third kappa shape index (κ3) is 3.39. The van der Waals surface area contributed by atoms with Crippen LogP contribution in [-0.2, 0) is 9.84 Å². The molecule has 0 aromatic heterocycles. The molecule has 1 aromatic carbocycles. The first-order valence-electron chi connectivity index (χ1n) is 8.32. The van der Waals surface area contributed by atoms with Crippen molar-refractivity contribution >= 4 is 9.84 Å². The number of hydrogen-bond acceptors (Lipinski definition) is 5.